The van der Waals surface area contributed by atoms with E-state index in [0.717, 1.165) is 0 Å². The molecule has 2 rings (SSSR count). The third-order valence-corrected chi connectivity index (χ3v) is 4.57. The summed E-state index contributed by atoms with van der Waals surface area (Å²) >= 11 is 19.0. The minimum atomic E-state index is -0.285. The summed E-state index contributed by atoms with van der Waals surface area (Å²) in [5.41, 5.74) is 0.380. The number of thiophene rings is 1. The van der Waals surface area contributed by atoms with Crippen LogP contribution in [-0.4, -0.2) is 18.4 Å². The number of amides is 2. The van der Waals surface area contributed by atoms with Crippen molar-refractivity contribution < 1.29 is 9.59 Å². The molecule has 22 heavy (non-hydrogen) atoms. The van der Waals surface area contributed by atoms with Crippen LogP contribution in [0.3, 0.4) is 0 Å². The predicted molar refractivity (Wildman–Crippen MR) is 91.4 cm³/mol. The maximum atomic E-state index is 11.8. The first-order valence-electron chi connectivity index (χ1n) is 6.23. The number of anilines is 1. The lowest BCUT2D eigenvalue weighted by molar-refractivity contribution is -0.116. The Morgan fingerprint density at radius 3 is 2.50 bits per heavy atom. The zero-order chi connectivity index (χ0) is 16.1. The highest BCUT2D eigenvalue weighted by Gasteiger charge is 2.10. The number of hydrogen-bond acceptors (Lipinski definition) is 3. The quantitative estimate of drug-likeness (QED) is 0.755. The Labute approximate surface area is 146 Å². The first-order chi connectivity index (χ1) is 10.5. The summed E-state index contributed by atoms with van der Waals surface area (Å²) in [4.78, 5) is 24.1. The van der Waals surface area contributed by atoms with E-state index in [9.17, 15) is 9.59 Å². The molecule has 0 spiro atoms. The van der Waals surface area contributed by atoms with Gasteiger partial charge in [0.25, 0.3) is 5.91 Å². The summed E-state index contributed by atoms with van der Waals surface area (Å²) in [5, 5.41) is 8.01. The summed E-state index contributed by atoms with van der Waals surface area (Å²) in [7, 11) is 0. The van der Waals surface area contributed by atoms with Crippen LogP contribution in [0.15, 0.2) is 29.6 Å². The van der Waals surface area contributed by atoms with Crippen molar-refractivity contribution >= 4 is 63.6 Å². The molecule has 0 saturated carbocycles. The minimum Gasteiger partial charge on any atom is -0.351 e. The number of halogens is 3. The Morgan fingerprint density at radius 1 is 1.09 bits per heavy atom. The zero-order valence-corrected chi connectivity index (χ0v) is 14.2. The van der Waals surface area contributed by atoms with Crippen molar-refractivity contribution in [1.82, 2.24) is 5.32 Å². The number of hydrogen-bond donors (Lipinski definition) is 2. The summed E-state index contributed by atoms with van der Waals surface area (Å²) in [5.74, 6) is -0.484. The van der Waals surface area contributed by atoms with E-state index >= 15 is 0 Å². The van der Waals surface area contributed by atoms with Gasteiger partial charge in [0, 0.05) is 13.0 Å². The summed E-state index contributed by atoms with van der Waals surface area (Å²) in [6.07, 6.45) is 0.119. The van der Waals surface area contributed by atoms with E-state index in [4.69, 9.17) is 34.8 Å². The molecule has 2 aromatic rings. The van der Waals surface area contributed by atoms with Gasteiger partial charge in [0.1, 0.15) is 0 Å². The van der Waals surface area contributed by atoms with E-state index in [-0.39, 0.29) is 24.8 Å². The molecule has 2 N–H and O–H groups in total. The molecule has 2 amide bonds. The molecule has 0 aliphatic carbocycles. The second kappa shape index (κ2) is 7.83. The Hall–Kier alpha value is -1.27. The van der Waals surface area contributed by atoms with Crippen molar-refractivity contribution in [1.29, 1.82) is 0 Å². The van der Waals surface area contributed by atoms with Gasteiger partial charge in [-0.25, -0.2) is 0 Å². The fourth-order valence-electron chi connectivity index (χ4n) is 1.62. The number of carbonyl (C=O) groups is 2. The zero-order valence-electron chi connectivity index (χ0n) is 11.2. The van der Waals surface area contributed by atoms with Crippen LogP contribution in [0, 0.1) is 0 Å². The van der Waals surface area contributed by atoms with Gasteiger partial charge in [-0.2, -0.15) is 0 Å². The monoisotopic (exact) mass is 376 g/mol. The van der Waals surface area contributed by atoms with Crippen molar-refractivity contribution in [3.05, 3.63) is 49.6 Å². The van der Waals surface area contributed by atoms with Gasteiger partial charge in [-0.1, -0.05) is 40.9 Å². The topological polar surface area (TPSA) is 58.2 Å². The van der Waals surface area contributed by atoms with Crippen LogP contribution in [0.4, 0.5) is 5.69 Å². The van der Waals surface area contributed by atoms with Gasteiger partial charge in [-0.05, 0) is 23.6 Å². The Kier molecular flexibility index (Phi) is 6.08. The van der Waals surface area contributed by atoms with Crippen LogP contribution >= 0.6 is 46.1 Å². The highest BCUT2D eigenvalue weighted by atomic mass is 35.5. The fraction of sp³-hybridized carbons (Fsp3) is 0.143. The Balaban J connectivity index is 1.83. The molecule has 8 heteroatoms. The van der Waals surface area contributed by atoms with Crippen LogP contribution in [0.5, 0.6) is 0 Å². The second-order valence-corrected chi connectivity index (χ2v) is 6.45. The molecule has 0 bridgehead atoms. The van der Waals surface area contributed by atoms with Crippen molar-refractivity contribution in [3.8, 4) is 0 Å². The smallest absolute Gasteiger partial charge is 0.261 e. The summed E-state index contributed by atoms with van der Waals surface area (Å²) in [6.45, 7) is 0.224. The fourth-order valence-corrected chi connectivity index (χ4v) is 2.85. The molecule has 0 aliphatic rings. The molecule has 0 aliphatic heterocycles. The molecule has 0 unspecified atom stereocenters. The molecular weight excluding hydrogens is 367 g/mol. The number of carbonyl (C=O) groups excluding carboxylic acids is 2. The second-order valence-electron chi connectivity index (χ2n) is 4.28. The highest BCUT2D eigenvalue weighted by molar-refractivity contribution is 7.12. The molecule has 1 aromatic carbocycles. The molecule has 0 fully saturated rings. The van der Waals surface area contributed by atoms with Crippen molar-refractivity contribution in [2.24, 2.45) is 0 Å². The van der Waals surface area contributed by atoms with Crippen molar-refractivity contribution in [2.75, 3.05) is 11.9 Å². The van der Waals surface area contributed by atoms with E-state index in [1.165, 1.54) is 23.5 Å². The number of rotatable bonds is 5. The number of benzene rings is 1. The molecule has 0 atom stereocenters. The molecule has 0 radical (unpaired) electrons. The normalized spacial score (nSPS) is 10.3. The standard InChI is InChI=1S/C14H11Cl3N2O2S/c15-8-6-10(17)11(7-9(8)16)19-13(20)3-4-18-14(21)12-2-1-5-22-12/h1-2,5-7H,3-4H2,(H,18,21)(H,19,20). The third kappa shape index (κ3) is 4.61. The lowest BCUT2D eigenvalue weighted by Crippen LogP contribution is -2.27. The largest absolute Gasteiger partial charge is 0.351 e. The minimum absolute atomic E-state index is 0.119. The van der Waals surface area contributed by atoms with E-state index in [1.807, 2.05) is 5.38 Å². The van der Waals surface area contributed by atoms with Gasteiger partial charge in [0.05, 0.1) is 25.6 Å². The third-order valence-electron chi connectivity index (χ3n) is 2.67. The molecule has 1 heterocycles. The highest BCUT2D eigenvalue weighted by Crippen LogP contribution is 2.32. The van der Waals surface area contributed by atoms with Gasteiger partial charge in [-0.3, -0.25) is 9.59 Å². The van der Waals surface area contributed by atoms with E-state index < -0.39 is 0 Å². The first-order valence-corrected chi connectivity index (χ1v) is 8.25. The lowest BCUT2D eigenvalue weighted by atomic mass is 10.3. The number of nitrogens with one attached hydrogen (secondary N) is 2. The Morgan fingerprint density at radius 2 is 1.82 bits per heavy atom. The van der Waals surface area contributed by atoms with E-state index in [2.05, 4.69) is 10.6 Å². The maximum Gasteiger partial charge on any atom is 0.261 e. The molecule has 4 nitrogen and oxygen atoms in total. The van der Waals surface area contributed by atoms with Crippen LogP contribution in [0.1, 0.15) is 16.1 Å². The van der Waals surface area contributed by atoms with Crippen LogP contribution in [-0.2, 0) is 4.79 Å². The van der Waals surface area contributed by atoms with Crippen molar-refractivity contribution in [3.63, 3.8) is 0 Å². The van der Waals surface area contributed by atoms with Gasteiger partial charge in [0.15, 0.2) is 0 Å². The predicted octanol–water partition coefficient (Wildman–Crippen LogP) is 4.47. The Bertz CT molecular complexity index is 690. The van der Waals surface area contributed by atoms with Crippen LogP contribution in [0.25, 0.3) is 0 Å². The summed E-state index contributed by atoms with van der Waals surface area (Å²) < 4.78 is 0. The SMILES string of the molecule is O=C(CCNC(=O)c1cccs1)Nc1cc(Cl)c(Cl)cc1Cl. The van der Waals surface area contributed by atoms with Gasteiger partial charge >= 0.3 is 0 Å². The first kappa shape index (κ1) is 17.1. The van der Waals surface area contributed by atoms with Gasteiger partial charge < -0.3 is 10.6 Å². The van der Waals surface area contributed by atoms with E-state index in [0.29, 0.717) is 25.6 Å². The molecule has 1 aromatic heterocycles. The molecule has 116 valence electrons. The average Bonchev–Trinajstić information content (AvgIpc) is 2.99. The van der Waals surface area contributed by atoms with E-state index in [1.54, 1.807) is 12.1 Å². The average molecular weight is 378 g/mol. The summed E-state index contributed by atoms with van der Waals surface area (Å²) in [6, 6.07) is 6.45. The maximum absolute atomic E-state index is 11.8. The molecule has 0 saturated heterocycles. The van der Waals surface area contributed by atoms with Gasteiger partial charge in [-0.15, -0.1) is 11.3 Å². The van der Waals surface area contributed by atoms with Crippen LogP contribution < -0.4 is 10.6 Å². The van der Waals surface area contributed by atoms with Gasteiger partial charge in [0.2, 0.25) is 5.91 Å². The molecular formula is C14H11Cl3N2O2S. The van der Waals surface area contributed by atoms with Crippen molar-refractivity contribution in [2.45, 2.75) is 6.42 Å². The van der Waals surface area contributed by atoms with Crippen LogP contribution in [0.2, 0.25) is 15.1 Å². The lowest BCUT2D eigenvalue weighted by Gasteiger charge is -2.09.